The van der Waals surface area contributed by atoms with Crippen molar-refractivity contribution >= 4 is 17.4 Å². The zero-order valence-corrected chi connectivity index (χ0v) is 14.6. The smallest absolute Gasteiger partial charge is 0.370 e. The number of aromatic nitrogens is 1. The maximum atomic E-state index is 12.3. The molecule has 1 aromatic carbocycles. The number of hydrogen-bond acceptors (Lipinski definition) is 4. The van der Waals surface area contributed by atoms with E-state index in [1.165, 1.54) is 12.8 Å². The number of carbonyl (C=O) groups is 1. The van der Waals surface area contributed by atoms with Crippen molar-refractivity contribution in [1.82, 2.24) is 4.98 Å². The largest absolute Gasteiger partial charge is 0.411 e. The molecule has 0 bridgehead atoms. The molecule has 0 saturated carbocycles. The molecule has 1 aromatic heterocycles. The Bertz CT molecular complexity index is 755. The molecule has 5 nitrogen and oxygen atoms in total. The van der Waals surface area contributed by atoms with Crippen molar-refractivity contribution < 1.29 is 22.7 Å². The lowest BCUT2D eigenvalue weighted by Crippen LogP contribution is -2.18. The van der Waals surface area contributed by atoms with Crippen LogP contribution in [-0.2, 0) is 11.3 Å². The minimum Gasteiger partial charge on any atom is -0.370 e. The number of benzene rings is 1. The van der Waals surface area contributed by atoms with Gasteiger partial charge in [-0.1, -0.05) is 12.1 Å². The van der Waals surface area contributed by atoms with E-state index in [0.717, 1.165) is 18.8 Å². The second kappa shape index (κ2) is 8.39. The molecule has 0 aliphatic carbocycles. The molecule has 144 valence electrons. The number of alkyl halides is 3. The highest BCUT2D eigenvalue weighted by molar-refractivity contribution is 6.03. The molecular weight excluding hydrogens is 359 g/mol. The number of pyridine rings is 1. The maximum Gasteiger partial charge on any atom is 0.411 e. The van der Waals surface area contributed by atoms with E-state index in [0.29, 0.717) is 16.9 Å². The summed E-state index contributed by atoms with van der Waals surface area (Å²) in [6.07, 6.45) is -0.259. The molecule has 1 amide bonds. The normalized spacial score (nSPS) is 14.4. The standard InChI is InChI=1S/C19H20F3N3O2/c20-19(21,22)13-27-12-14-3-5-15(6-4-14)18(26)24-17-8-7-16(11-23-17)25-9-1-2-10-25/h3-8,11H,1-2,9-10,12-13H2,(H,23,24,26). The average Bonchev–Trinajstić information content (AvgIpc) is 3.16. The third-order valence-electron chi connectivity index (χ3n) is 4.21. The number of anilines is 2. The third-order valence-corrected chi connectivity index (χ3v) is 4.21. The first-order valence-corrected chi connectivity index (χ1v) is 8.66. The van der Waals surface area contributed by atoms with Gasteiger partial charge in [0.15, 0.2) is 0 Å². The average molecular weight is 379 g/mol. The van der Waals surface area contributed by atoms with Crippen LogP contribution in [0.25, 0.3) is 0 Å². The minimum absolute atomic E-state index is 0.166. The SMILES string of the molecule is O=C(Nc1ccc(N2CCCC2)cn1)c1ccc(COCC(F)(F)F)cc1. The van der Waals surface area contributed by atoms with E-state index in [9.17, 15) is 18.0 Å². The lowest BCUT2D eigenvalue weighted by atomic mass is 10.1. The van der Waals surface area contributed by atoms with E-state index in [1.807, 2.05) is 6.07 Å². The fraction of sp³-hybridized carbons (Fsp3) is 0.368. The molecule has 1 fully saturated rings. The first-order valence-electron chi connectivity index (χ1n) is 8.66. The number of amides is 1. The highest BCUT2D eigenvalue weighted by Gasteiger charge is 2.27. The van der Waals surface area contributed by atoms with Gasteiger partial charge >= 0.3 is 6.18 Å². The van der Waals surface area contributed by atoms with Gasteiger partial charge in [-0.3, -0.25) is 4.79 Å². The Balaban J connectivity index is 1.53. The summed E-state index contributed by atoms with van der Waals surface area (Å²) in [4.78, 5) is 18.8. The number of nitrogens with zero attached hydrogens (tertiary/aromatic N) is 2. The molecule has 2 aromatic rings. The predicted octanol–water partition coefficient (Wildman–Crippen LogP) is 4.01. The summed E-state index contributed by atoms with van der Waals surface area (Å²) in [6, 6.07) is 9.89. The van der Waals surface area contributed by atoms with Crippen LogP contribution in [-0.4, -0.2) is 36.8 Å². The third kappa shape index (κ3) is 5.68. The zero-order valence-electron chi connectivity index (χ0n) is 14.6. The monoisotopic (exact) mass is 379 g/mol. The van der Waals surface area contributed by atoms with Gasteiger partial charge in [0, 0.05) is 18.7 Å². The van der Waals surface area contributed by atoms with Crippen LogP contribution in [0.2, 0.25) is 0 Å². The lowest BCUT2D eigenvalue weighted by Gasteiger charge is -2.17. The molecule has 1 aliphatic heterocycles. The first-order chi connectivity index (χ1) is 12.9. The van der Waals surface area contributed by atoms with Gasteiger partial charge in [0.2, 0.25) is 0 Å². The molecule has 1 saturated heterocycles. The van der Waals surface area contributed by atoms with Crippen LogP contribution in [0.4, 0.5) is 24.7 Å². The molecule has 0 unspecified atom stereocenters. The zero-order chi connectivity index (χ0) is 19.3. The van der Waals surface area contributed by atoms with Crippen LogP contribution in [0.3, 0.4) is 0 Å². The van der Waals surface area contributed by atoms with E-state index < -0.39 is 12.8 Å². The second-order valence-corrected chi connectivity index (χ2v) is 6.35. The van der Waals surface area contributed by atoms with Crippen molar-refractivity contribution in [1.29, 1.82) is 0 Å². The van der Waals surface area contributed by atoms with Gasteiger partial charge < -0.3 is 15.0 Å². The minimum atomic E-state index is -4.35. The number of nitrogens with one attached hydrogen (secondary N) is 1. The summed E-state index contributed by atoms with van der Waals surface area (Å²) in [5.41, 5.74) is 1.98. The number of rotatable bonds is 6. The number of carbonyl (C=O) groups excluding carboxylic acids is 1. The van der Waals surface area contributed by atoms with E-state index >= 15 is 0 Å². The fourth-order valence-corrected chi connectivity index (χ4v) is 2.85. The van der Waals surface area contributed by atoms with Crippen molar-refractivity contribution in [2.75, 3.05) is 29.9 Å². The van der Waals surface area contributed by atoms with Crippen LogP contribution in [0, 0.1) is 0 Å². The molecule has 0 spiro atoms. The topological polar surface area (TPSA) is 54.5 Å². The predicted molar refractivity (Wildman–Crippen MR) is 95.8 cm³/mol. The van der Waals surface area contributed by atoms with Gasteiger partial charge in [-0.15, -0.1) is 0 Å². The van der Waals surface area contributed by atoms with E-state index in [1.54, 1.807) is 36.5 Å². The molecule has 0 atom stereocenters. The van der Waals surface area contributed by atoms with Crippen molar-refractivity contribution in [2.45, 2.75) is 25.6 Å². The molecule has 1 aliphatic rings. The Kier molecular flexibility index (Phi) is 5.95. The lowest BCUT2D eigenvalue weighted by molar-refractivity contribution is -0.176. The fourth-order valence-electron chi connectivity index (χ4n) is 2.85. The van der Waals surface area contributed by atoms with Crippen molar-refractivity contribution in [3.05, 3.63) is 53.7 Å². The number of ether oxygens (including phenoxy) is 1. The van der Waals surface area contributed by atoms with Gasteiger partial charge in [-0.05, 0) is 42.7 Å². The molecule has 2 heterocycles. The summed E-state index contributed by atoms with van der Waals surface area (Å²) in [5.74, 6) is 0.111. The molecule has 8 heteroatoms. The molecule has 27 heavy (non-hydrogen) atoms. The van der Waals surface area contributed by atoms with Gasteiger partial charge in [0.05, 0.1) is 18.5 Å². The van der Waals surface area contributed by atoms with Gasteiger partial charge in [-0.2, -0.15) is 13.2 Å². The summed E-state index contributed by atoms with van der Waals surface area (Å²) >= 11 is 0. The Morgan fingerprint density at radius 3 is 2.41 bits per heavy atom. The van der Waals surface area contributed by atoms with Crippen molar-refractivity contribution in [3.63, 3.8) is 0 Å². The summed E-state index contributed by atoms with van der Waals surface area (Å²) < 4.78 is 40.8. The summed E-state index contributed by atoms with van der Waals surface area (Å²) in [5, 5.41) is 2.71. The second-order valence-electron chi connectivity index (χ2n) is 6.35. The Morgan fingerprint density at radius 2 is 1.81 bits per heavy atom. The van der Waals surface area contributed by atoms with E-state index in [2.05, 4.69) is 19.9 Å². The molecular formula is C19H20F3N3O2. The molecule has 3 rings (SSSR count). The van der Waals surface area contributed by atoms with Gasteiger partial charge in [0.25, 0.3) is 5.91 Å². The Hall–Kier alpha value is -2.61. The first kappa shape index (κ1) is 19.2. The summed E-state index contributed by atoms with van der Waals surface area (Å²) in [7, 11) is 0. The van der Waals surface area contributed by atoms with Crippen LogP contribution in [0.1, 0.15) is 28.8 Å². The summed E-state index contributed by atoms with van der Waals surface area (Å²) in [6.45, 7) is 0.577. The highest BCUT2D eigenvalue weighted by Crippen LogP contribution is 2.20. The maximum absolute atomic E-state index is 12.3. The highest BCUT2D eigenvalue weighted by atomic mass is 19.4. The van der Waals surface area contributed by atoms with E-state index in [4.69, 9.17) is 0 Å². The Labute approximate surface area is 155 Å². The van der Waals surface area contributed by atoms with Crippen LogP contribution in [0.15, 0.2) is 42.6 Å². The van der Waals surface area contributed by atoms with Crippen LogP contribution in [0.5, 0.6) is 0 Å². The van der Waals surface area contributed by atoms with Crippen molar-refractivity contribution in [2.24, 2.45) is 0 Å². The Morgan fingerprint density at radius 1 is 1.11 bits per heavy atom. The van der Waals surface area contributed by atoms with E-state index in [-0.39, 0.29) is 12.5 Å². The van der Waals surface area contributed by atoms with Crippen molar-refractivity contribution in [3.8, 4) is 0 Å². The number of halogens is 3. The molecule has 0 radical (unpaired) electrons. The molecule has 1 N–H and O–H groups in total. The van der Waals surface area contributed by atoms with Crippen LogP contribution < -0.4 is 10.2 Å². The van der Waals surface area contributed by atoms with Gasteiger partial charge in [0.1, 0.15) is 12.4 Å². The van der Waals surface area contributed by atoms with Gasteiger partial charge in [-0.25, -0.2) is 4.98 Å². The quantitative estimate of drug-likeness (QED) is 0.824. The van der Waals surface area contributed by atoms with Crippen LogP contribution >= 0.6 is 0 Å². The number of hydrogen-bond donors (Lipinski definition) is 1.